The molecule has 4 aromatic rings. The topological polar surface area (TPSA) is 120 Å². The lowest BCUT2D eigenvalue weighted by Crippen LogP contribution is -2.52. The molecule has 4 atom stereocenters. The highest BCUT2D eigenvalue weighted by Gasteiger charge is 2.57. The summed E-state index contributed by atoms with van der Waals surface area (Å²) in [6.45, 7) is 4.85. The number of hydrogen-bond acceptors (Lipinski definition) is 8. The Bertz CT molecular complexity index is 1730. The summed E-state index contributed by atoms with van der Waals surface area (Å²) in [6, 6.07) is 33.9. The van der Waals surface area contributed by atoms with Crippen molar-refractivity contribution in [1.82, 2.24) is 5.32 Å². The first-order valence-electron chi connectivity index (χ1n) is 15.4. The summed E-state index contributed by atoms with van der Waals surface area (Å²) in [5.74, 6) is -4.06. The number of carbonyl (C=O) groups excluding carboxylic acids is 4. The number of amides is 1. The molecule has 1 aliphatic heterocycles. The Labute approximate surface area is 273 Å². The zero-order chi connectivity index (χ0) is 33.4. The molecule has 5 rings (SSSR count). The van der Waals surface area contributed by atoms with Crippen molar-refractivity contribution in [2.45, 2.75) is 56.9 Å². The third-order valence-electron chi connectivity index (χ3n) is 7.73. The van der Waals surface area contributed by atoms with Crippen molar-refractivity contribution in [3.63, 3.8) is 0 Å². The Morgan fingerprint density at radius 2 is 1.30 bits per heavy atom. The van der Waals surface area contributed by atoms with E-state index in [4.69, 9.17) is 19.2 Å². The van der Waals surface area contributed by atoms with Crippen LogP contribution in [-0.2, 0) is 35.0 Å². The molecule has 0 bridgehead atoms. The van der Waals surface area contributed by atoms with Crippen LogP contribution in [0.5, 0.6) is 0 Å². The summed E-state index contributed by atoms with van der Waals surface area (Å²) in [4.78, 5) is 59.8. The molecule has 240 valence electrons. The molecule has 0 spiro atoms. The monoisotopic (exact) mass is 632 g/mol. The predicted molar refractivity (Wildman–Crippen MR) is 176 cm³/mol. The molecule has 0 aromatic heterocycles. The molecule has 1 N–H and O–H groups in total. The molecule has 47 heavy (non-hydrogen) atoms. The van der Waals surface area contributed by atoms with Crippen LogP contribution in [0.15, 0.2) is 126 Å². The number of rotatable bonds is 12. The summed E-state index contributed by atoms with van der Waals surface area (Å²) in [7, 11) is 0. The lowest BCUT2D eigenvalue weighted by Gasteiger charge is -2.32. The molecule has 9 heteroatoms. The number of benzene rings is 4. The van der Waals surface area contributed by atoms with Gasteiger partial charge in [0.05, 0.1) is 6.10 Å². The van der Waals surface area contributed by atoms with Crippen LogP contribution in [0.25, 0.3) is 0 Å². The fraction of sp³-hybridized carbons (Fsp3) is 0.237. The van der Waals surface area contributed by atoms with Gasteiger partial charge >= 0.3 is 17.9 Å². The van der Waals surface area contributed by atoms with Gasteiger partial charge < -0.3 is 19.5 Å². The third kappa shape index (κ3) is 7.64. The Balaban J connectivity index is 1.55. The summed E-state index contributed by atoms with van der Waals surface area (Å²) >= 11 is 0. The highest BCUT2D eigenvalue weighted by Crippen LogP contribution is 2.41. The minimum atomic E-state index is -1.76. The predicted octanol–water partition coefficient (Wildman–Crippen LogP) is 5.44. The van der Waals surface area contributed by atoms with Gasteiger partial charge in [-0.25, -0.2) is 14.6 Å². The van der Waals surface area contributed by atoms with E-state index in [1.807, 2.05) is 36.4 Å². The second kappa shape index (κ2) is 14.7. The van der Waals surface area contributed by atoms with E-state index in [0.29, 0.717) is 16.7 Å². The van der Waals surface area contributed by atoms with Crippen LogP contribution in [0, 0.1) is 0 Å². The van der Waals surface area contributed by atoms with Crippen LogP contribution in [0.1, 0.15) is 53.7 Å². The minimum absolute atomic E-state index is 0.0234. The van der Waals surface area contributed by atoms with Crippen molar-refractivity contribution in [3.8, 4) is 0 Å². The van der Waals surface area contributed by atoms with E-state index in [1.54, 1.807) is 98.8 Å². The van der Waals surface area contributed by atoms with E-state index < -0.39 is 53.5 Å². The first-order chi connectivity index (χ1) is 22.7. The molecule has 1 heterocycles. The van der Waals surface area contributed by atoms with Crippen molar-refractivity contribution in [3.05, 3.63) is 144 Å². The van der Waals surface area contributed by atoms with Crippen molar-refractivity contribution >= 4 is 29.7 Å². The lowest BCUT2D eigenvalue weighted by molar-refractivity contribution is -0.163. The van der Waals surface area contributed by atoms with Gasteiger partial charge in [-0.1, -0.05) is 97.1 Å². The minimum Gasteiger partial charge on any atom is -0.461 e. The van der Waals surface area contributed by atoms with E-state index in [0.717, 1.165) is 5.56 Å². The normalized spacial score (nSPS) is 17.5. The maximum absolute atomic E-state index is 14.5. The van der Waals surface area contributed by atoms with Crippen LogP contribution in [0.3, 0.4) is 0 Å². The van der Waals surface area contributed by atoms with Gasteiger partial charge in [0.25, 0.3) is 5.91 Å². The van der Waals surface area contributed by atoms with E-state index >= 15 is 0 Å². The molecule has 1 aliphatic rings. The number of nitrogens with one attached hydrogen (secondary N) is 1. The van der Waals surface area contributed by atoms with Gasteiger partial charge in [0.15, 0.2) is 11.6 Å². The summed E-state index contributed by atoms with van der Waals surface area (Å²) < 4.78 is 17.2. The van der Waals surface area contributed by atoms with Gasteiger partial charge in [-0.05, 0) is 56.2 Å². The summed E-state index contributed by atoms with van der Waals surface area (Å²) in [5, 5.41) is 2.67. The van der Waals surface area contributed by atoms with Gasteiger partial charge in [0.2, 0.25) is 5.90 Å². The molecule has 0 saturated carbocycles. The largest absolute Gasteiger partial charge is 0.461 e. The molecular formula is C38H36N2O7. The summed E-state index contributed by atoms with van der Waals surface area (Å²) in [5.41, 5.74) is 0.340. The molecule has 9 nitrogen and oxygen atoms in total. The number of cyclic esters (lactones) is 1. The maximum atomic E-state index is 14.5. The van der Waals surface area contributed by atoms with Crippen LogP contribution in [0.4, 0.5) is 0 Å². The lowest BCUT2D eigenvalue weighted by atomic mass is 9.75. The number of carbonyl (C=O) groups is 4. The highest BCUT2D eigenvalue weighted by atomic mass is 16.6. The quantitative estimate of drug-likeness (QED) is 0.163. The van der Waals surface area contributed by atoms with Gasteiger partial charge in [-0.15, -0.1) is 0 Å². The fourth-order valence-electron chi connectivity index (χ4n) is 5.49. The zero-order valence-corrected chi connectivity index (χ0v) is 26.4. The van der Waals surface area contributed by atoms with Gasteiger partial charge in [-0.2, -0.15) is 0 Å². The number of ether oxygens (including phenoxy) is 3. The Morgan fingerprint density at radius 3 is 1.89 bits per heavy atom. The average Bonchev–Trinajstić information content (AvgIpc) is 3.40. The first-order valence-corrected chi connectivity index (χ1v) is 15.4. The molecule has 1 amide bonds. The zero-order valence-electron chi connectivity index (χ0n) is 26.4. The van der Waals surface area contributed by atoms with Gasteiger partial charge in [0.1, 0.15) is 12.0 Å². The molecule has 4 aromatic carbocycles. The molecular weight excluding hydrogens is 596 g/mol. The highest BCUT2D eigenvalue weighted by molar-refractivity contribution is 6.10. The van der Waals surface area contributed by atoms with Gasteiger partial charge in [-0.3, -0.25) is 9.59 Å². The smallest absolute Gasteiger partial charge is 0.342 e. The molecule has 0 unspecified atom stereocenters. The van der Waals surface area contributed by atoms with Crippen LogP contribution < -0.4 is 5.32 Å². The molecule has 0 fully saturated rings. The fourth-order valence-corrected chi connectivity index (χ4v) is 5.49. The van der Waals surface area contributed by atoms with Gasteiger partial charge in [0, 0.05) is 17.5 Å². The SMILES string of the molecule is CC(C)OC(=O)[C@@H](NC(=O)c1ccccc1)[C@@H](C)OC(=O)[C@H](c1ccccc1)[C@@]1(Cc2ccccc2)N=C(c2ccccc2)OC1=O. The van der Waals surface area contributed by atoms with Crippen molar-refractivity contribution < 1.29 is 33.4 Å². The number of esters is 3. The Hall–Kier alpha value is -5.57. The number of hydrogen-bond donors (Lipinski definition) is 1. The van der Waals surface area contributed by atoms with Crippen molar-refractivity contribution in [1.29, 1.82) is 0 Å². The molecule has 0 radical (unpaired) electrons. The van der Waals surface area contributed by atoms with E-state index in [2.05, 4.69) is 5.32 Å². The second-order valence-electron chi connectivity index (χ2n) is 11.5. The summed E-state index contributed by atoms with van der Waals surface area (Å²) in [6.07, 6.45) is -1.67. The average molecular weight is 633 g/mol. The Morgan fingerprint density at radius 1 is 0.745 bits per heavy atom. The van der Waals surface area contributed by atoms with Crippen molar-refractivity contribution in [2.75, 3.05) is 0 Å². The Kier molecular flexibility index (Phi) is 10.3. The second-order valence-corrected chi connectivity index (χ2v) is 11.5. The number of nitrogens with zero attached hydrogens (tertiary/aromatic N) is 1. The van der Waals surface area contributed by atoms with E-state index in [1.165, 1.54) is 6.92 Å². The standard InChI is InChI=1S/C38H36N2O7/c1-25(2)45-36(43)32(39-33(41)29-20-12-6-13-21-29)26(3)46-35(42)31(28-18-10-5-11-19-28)38(24-27-16-8-4-9-17-27)37(44)47-34(40-38)30-22-14-7-15-23-30/h4-23,25-26,31-32H,24H2,1-3H3,(H,39,41)/t26-,31+,32+,38-/m1/s1. The van der Waals surface area contributed by atoms with E-state index in [9.17, 15) is 19.2 Å². The molecule has 0 saturated heterocycles. The van der Waals surface area contributed by atoms with Crippen LogP contribution in [-0.4, -0.2) is 53.5 Å². The molecule has 0 aliphatic carbocycles. The van der Waals surface area contributed by atoms with E-state index in [-0.39, 0.29) is 12.3 Å². The van der Waals surface area contributed by atoms with Crippen molar-refractivity contribution in [2.24, 2.45) is 4.99 Å². The van der Waals surface area contributed by atoms with Crippen LogP contribution in [0.2, 0.25) is 0 Å². The third-order valence-corrected chi connectivity index (χ3v) is 7.73. The van der Waals surface area contributed by atoms with Crippen LogP contribution >= 0.6 is 0 Å². The maximum Gasteiger partial charge on any atom is 0.342 e. The first kappa shape index (κ1) is 32.8. The number of aliphatic imine (C=N–C) groups is 1.